The van der Waals surface area contributed by atoms with E-state index in [0.29, 0.717) is 0 Å². The van der Waals surface area contributed by atoms with E-state index in [2.05, 4.69) is 10.9 Å². The van der Waals surface area contributed by atoms with Crippen molar-refractivity contribution in [3.05, 3.63) is 0 Å². The number of nitriles is 1. The zero-order valence-corrected chi connectivity index (χ0v) is 4.53. The number of carbonyl (C=O) groups excluding carboxylic acids is 1. The zero-order chi connectivity index (χ0) is 6.57. The lowest BCUT2D eigenvalue weighted by Crippen LogP contribution is -2.21. The fourth-order valence-corrected chi connectivity index (χ4v) is 0.127. The van der Waals surface area contributed by atoms with Gasteiger partial charge in [0.1, 0.15) is 6.07 Å². The molecule has 6 N–H and O–H groups in total. The van der Waals surface area contributed by atoms with Gasteiger partial charge in [-0.3, -0.25) is 4.79 Å². The second-order valence-corrected chi connectivity index (χ2v) is 0.925. The Morgan fingerprint density at radius 2 is 2.22 bits per heavy atom. The van der Waals surface area contributed by atoms with E-state index in [-0.39, 0.29) is 6.15 Å². The summed E-state index contributed by atoms with van der Waals surface area (Å²) in [5.74, 6) is -1.03. The molecule has 0 atom stereocenters. The van der Waals surface area contributed by atoms with E-state index in [0.717, 1.165) is 0 Å². The largest absolute Gasteiger partial charge is 0.410 e. The van der Waals surface area contributed by atoms with Crippen molar-refractivity contribution in [3.63, 3.8) is 0 Å². The third kappa shape index (κ3) is 3.02. The molecule has 0 aromatic heterocycles. The first-order valence-corrected chi connectivity index (χ1v) is 1.64. The number of nitrogens with two attached hydrogens (primary N) is 1. The third-order valence-electron chi connectivity index (χ3n) is 0.439. The Kier molecular flexibility index (Phi) is 5.25. The smallest absolute Gasteiger partial charge is 0.281 e. The monoisotopic (exact) mass is 130 g/mol. The van der Waals surface area contributed by atoms with Gasteiger partial charge in [-0.2, -0.15) is 5.26 Å². The molecule has 50 valence electrons. The molecule has 0 radical (unpaired) electrons. The summed E-state index contributed by atoms with van der Waals surface area (Å²) < 4.78 is 0. The molecule has 1 amide bonds. The lowest BCUT2D eigenvalue weighted by Gasteiger charge is -1.79. The van der Waals surface area contributed by atoms with E-state index in [4.69, 9.17) is 10.5 Å². The average Bonchev–Trinajstić information content (AvgIpc) is 1.69. The van der Waals surface area contributed by atoms with Gasteiger partial charge in [0.15, 0.2) is 0 Å². The van der Waals surface area contributed by atoms with Crippen LogP contribution in [0.3, 0.4) is 0 Å². The fraction of sp³-hybridized carbons (Fsp3) is 0. The molecule has 0 aromatic carbocycles. The zero-order valence-electron chi connectivity index (χ0n) is 4.53. The van der Waals surface area contributed by atoms with Crippen LogP contribution in [-0.2, 0) is 4.79 Å². The van der Waals surface area contributed by atoms with E-state index in [1.807, 2.05) is 0 Å². The molecule has 0 unspecified atom stereocenters. The van der Waals surface area contributed by atoms with Gasteiger partial charge in [-0.1, -0.05) is 5.16 Å². The predicted molar refractivity (Wildman–Crippen MR) is 29.1 cm³/mol. The fourth-order valence-electron chi connectivity index (χ4n) is 0.127. The predicted octanol–water partition coefficient (Wildman–Crippen LogP) is -1.01. The Bertz CT molecular complexity index is 167. The van der Waals surface area contributed by atoms with Crippen LogP contribution in [0.4, 0.5) is 0 Å². The Labute approximate surface area is 51.1 Å². The average molecular weight is 130 g/mol. The van der Waals surface area contributed by atoms with Gasteiger partial charge in [0, 0.05) is 0 Å². The molecular formula is C3H6N4O2. The summed E-state index contributed by atoms with van der Waals surface area (Å²) in [6.07, 6.45) is 0. The highest BCUT2D eigenvalue weighted by atomic mass is 16.4. The summed E-state index contributed by atoms with van der Waals surface area (Å²) in [5.41, 5.74) is 3.82. The minimum atomic E-state index is -1.03. The summed E-state index contributed by atoms with van der Waals surface area (Å²) in [5, 5.41) is 17.9. The first kappa shape index (κ1) is 10.4. The summed E-state index contributed by atoms with van der Waals surface area (Å²) in [6.45, 7) is 0. The van der Waals surface area contributed by atoms with Crippen molar-refractivity contribution in [1.82, 2.24) is 6.15 Å². The molecule has 9 heavy (non-hydrogen) atoms. The van der Waals surface area contributed by atoms with E-state index < -0.39 is 11.6 Å². The van der Waals surface area contributed by atoms with Crippen molar-refractivity contribution in [2.75, 3.05) is 0 Å². The van der Waals surface area contributed by atoms with Gasteiger partial charge in [-0.15, -0.1) is 0 Å². The number of primary amides is 1. The number of oxime groups is 1. The quantitative estimate of drug-likeness (QED) is 0.238. The minimum Gasteiger partial charge on any atom is -0.410 e. The molecule has 6 heteroatoms. The van der Waals surface area contributed by atoms with Gasteiger partial charge < -0.3 is 17.1 Å². The number of carbonyl (C=O) groups is 1. The van der Waals surface area contributed by atoms with E-state index in [1.54, 1.807) is 0 Å². The van der Waals surface area contributed by atoms with Gasteiger partial charge in [0.2, 0.25) is 5.71 Å². The van der Waals surface area contributed by atoms with Crippen LogP contribution in [0.1, 0.15) is 0 Å². The number of amides is 1. The highest BCUT2D eigenvalue weighted by Gasteiger charge is 2.02. The van der Waals surface area contributed by atoms with E-state index in [9.17, 15) is 4.79 Å². The molecule has 0 rings (SSSR count). The van der Waals surface area contributed by atoms with Crippen LogP contribution in [0.5, 0.6) is 0 Å². The van der Waals surface area contributed by atoms with Gasteiger partial charge >= 0.3 is 0 Å². The molecule has 0 spiro atoms. The maximum Gasteiger partial charge on any atom is 0.281 e. The first-order chi connectivity index (χ1) is 3.72. The van der Waals surface area contributed by atoms with Gasteiger partial charge in [0.05, 0.1) is 0 Å². The molecule has 6 nitrogen and oxygen atoms in total. The lowest BCUT2D eigenvalue weighted by atomic mass is 10.4. The van der Waals surface area contributed by atoms with Crippen LogP contribution < -0.4 is 11.9 Å². The SMILES string of the molecule is N.N#CC(=NO)C(N)=O. The molecule has 0 aromatic rings. The molecule has 0 aliphatic carbocycles. The molecule has 0 saturated carbocycles. The number of hydrogen-bond acceptors (Lipinski definition) is 5. The Morgan fingerprint density at radius 3 is 2.22 bits per heavy atom. The molecule has 0 bridgehead atoms. The summed E-state index contributed by atoms with van der Waals surface area (Å²) in [7, 11) is 0. The van der Waals surface area contributed by atoms with Crippen LogP contribution in [0.15, 0.2) is 5.16 Å². The third-order valence-corrected chi connectivity index (χ3v) is 0.439. The lowest BCUT2D eigenvalue weighted by molar-refractivity contribution is -0.112. The normalized spacial score (nSPS) is 9.00. The van der Waals surface area contributed by atoms with Crippen molar-refractivity contribution >= 4 is 11.6 Å². The summed E-state index contributed by atoms with van der Waals surface area (Å²) >= 11 is 0. The highest BCUT2D eigenvalue weighted by molar-refractivity contribution is 6.44. The van der Waals surface area contributed by atoms with E-state index in [1.165, 1.54) is 6.07 Å². The number of rotatable bonds is 1. The number of hydrogen-bond donors (Lipinski definition) is 3. The maximum absolute atomic E-state index is 9.87. The van der Waals surface area contributed by atoms with E-state index >= 15 is 0 Å². The first-order valence-electron chi connectivity index (χ1n) is 1.64. The van der Waals surface area contributed by atoms with Crippen LogP contribution in [0.25, 0.3) is 0 Å². The van der Waals surface area contributed by atoms with Crippen molar-refractivity contribution < 1.29 is 10.0 Å². The van der Waals surface area contributed by atoms with Gasteiger partial charge in [-0.25, -0.2) is 0 Å². The molecule has 0 aliphatic heterocycles. The maximum atomic E-state index is 9.87. The Balaban J connectivity index is 0. The number of nitrogens with zero attached hydrogens (tertiary/aromatic N) is 2. The van der Waals surface area contributed by atoms with Gasteiger partial charge in [-0.05, 0) is 0 Å². The standard InChI is InChI=1S/C3H3N3O2.H3N/c4-1-2(6-8)3(5)7;/h8H,(H2,5,7);1H3. The Morgan fingerprint density at radius 1 is 1.78 bits per heavy atom. The van der Waals surface area contributed by atoms with Crippen molar-refractivity contribution in [2.45, 2.75) is 0 Å². The van der Waals surface area contributed by atoms with Crippen molar-refractivity contribution in [2.24, 2.45) is 10.9 Å². The summed E-state index contributed by atoms with van der Waals surface area (Å²) in [6, 6.07) is 1.28. The highest BCUT2D eigenvalue weighted by Crippen LogP contribution is 1.68. The molecule has 0 aliphatic rings. The molecule has 0 heterocycles. The molecule has 0 saturated heterocycles. The van der Waals surface area contributed by atoms with Crippen LogP contribution in [0, 0.1) is 11.3 Å². The second kappa shape index (κ2) is 4.55. The molecular weight excluding hydrogens is 124 g/mol. The second-order valence-electron chi connectivity index (χ2n) is 0.925. The molecule has 0 fully saturated rings. The minimum absolute atomic E-state index is 0. The topological polar surface area (TPSA) is 134 Å². The van der Waals surface area contributed by atoms with Crippen LogP contribution in [0.2, 0.25) is 0 Å². The summed E-state index contributed by atoms with van der Waals surface area (Å²) in [4.78, 5) is 9.87. The Hall–Kier alpha value is -1.61. The van der Waals surface area contributed by atoms with Crippen LogP contribution >= 0.6 is 0 Å². The van der Waals surface area contributed by atoms with Crippen molar-refractivity contribution in [1.29, 1.82) is 5.26 Å². The van der Waals surface area contributed by atoms with Gasteiger partial charge in [0.25, 0.3) is 5.91 Å². The van der Waals surface area contributed by atoms with Crippen LogP contribution in [-0.4, -0.2) is 16.8 Å². The van der Waals surface area contributed by atoms with Crippen molar-refractivity contribution in [3.8, 4) is 6.07 Å².